The van der Waals surface area contributed by atoms with Crippen LogP contribution in [0.5, 0.6) is 0 Å². The molecule has 0 aliphatic rings. The lowest BCUT2D eigenvalue weighted by atomic mass is 10.0. The Hall–Kier alpha value is -0.280. The highest BCUT2D eigenvalue weighted by Crippen LogP contribution is 2.19. The Labute approximate surface area is 530 Å². The second-order valence-electron chi connectivity index (χ2n) is 25.6. The number of aliphatic hydroxyl groups is 4. The molecule has 84 heavy (non-hydrogen) atoms. The van der Waals surface area contributed by atoms with Gasteiger partial charge < -0.3 is 29.9 Å². The van der Waals surface area contributed by atoms with E-state index >= 15 is 0 Å². The molecule has 4 atom stereocenters. The minimum Gasteiger partial charge on any atom is -0.392 e. The fourth-order valence-electron chi connectivity index (χ4n) is 11.6. The normalized spacial score (nSPS) is 13.4. The van der Waals surface area contributed by atoms with E-state index in [2.05, 4.69) is 37.5 Å². The first kappa shape index (κ1) is 83.7. The van der Waals surface area contributed by atoms with Gasteiger partial charge in [-0.25, -0.2) is 0 Å². The Bertz CT molecular complexity index is 1160. The van der Waals surface area contributed by atoms with E-state index in [1.165, 1.54) is 255 Å². The molecule has 0 aromatic carbocycles. The number of hydrogen-bond acceptors (Lipinski definition) is 12. The maximum absolute atomic E-state index is 12.8. The highest BCUT2D eigenvalue weighted by molar-refractivity contribution is 8.13. The molecule has 0 radical (unpaired) electrons. The summed E-state index contributed by atoms with van der Waals surface area (Å²) in [7, 11) is 0. The van der Waals surface area contributed by atoms with Crippen molar-refractivity contribution in [3.05, 3.63) is 0 Å². The smallest absolute Gasteiger partial charge is 0.189 e. The molecule has 10 nitrogen and oxygen atoms in total. The molecule has 0 saturated carbocycles. The number of carbonyl (C=O) groups excluding carboxylic acids is 2. The summed E-state index contributed by atoms with van der Waals surface area (Å²) in [4.78, 5) is 30.0. The Morgan fingerprint density at radius 2 is 0.512 bits per heavy atom. The molecule has 0 aliphatic carbocycles. The van der Waals surface area contributed by atoms with Crippen LogP contribution in [0, 0.1) is 0 Å². The molecule has 0 heterocycles. The second kappa shape index (κ2) is 68.6. The minimum absolute atomic E-state index is 0.185. The zero-order valence-corrected chi connectivity index (χ0v) is 57.9. The van der Waals surface area contributed by atoms with Crippen molar-refractivity contribution in [3.63, 3.8) is 0 Å². The van der Waals surface area contributed by atoms with Gasteiger partial charge in [0.25, 0.3) is 0 Å². The Balaban J connectivity index is 4.48. The maximum Gasteiger partial charge on any atom is 0.189 e. The van der Waals surface area contributed by atoms with Crippen molar-refractivity contribution in [1.29, 1.82) is 0 Å². The Morgan fingerprint density at radius 3 is 0.738 bits per heavy atom. The fraction of sp³-hybridized carbons (Fsp3) is 0.972. The van der Waals surface area contributed by atoms with Crippen LogP contribution in [0.4, 0.5) is 0 Å². The summed E-state index contributed by atoms with van der Waals surface area (Å²) >= 11 is 2.67. The van der Waals surface area contributed by atoms with Crippen LogP contribution in [0.25, 0.3) is 0 Å². The van der Waals surface area contributed by atoms with Gasteiger partial charge in [0.2, 0.25) is 0 Å². The van der Waals surface area contributed by atoms with E-state index in [1.807, 2.05) is 0 Å². The molecule has 502 valence electrons. The molecule has 0 aromatic heterocycles. The summed E-state index contributed by atoms with van der Waals surface area (Å²) in [6.45, 7) is 14.9. The van der Waals surface area contributed by atoms with Gasteiger partial charge in [-0.1, -0.05) is 308 Å². The van der Waals surface area contributed by atoms with Crippen LogP contribution < -0.4 is 0 Å². The van der Waals surface area contributed by atoms with E-state index in [4.69, 9.17) is 9.47 Å². The standard InChI is InChI=1S/C72H144N2O8S2/c1-5-9-13-17-21-25-29-33-37-41-49-67(75)63-73(64-68(76)50-42-38-34-30-26-22-18-14-10-6-2)55-47-45-53-71(79)83-61-59-81-57-58-82-60-62-84-72(80)54-46-48-56-74(65-69(77)51-43-39-35-31-27-23-19-15-11-7-3)66-70(78)52-44-40-36-32-28-24-20-16-12-8-4/h67-70,75-78H,5-66H2,1-4H3. The highest BCUT2D eigenvalue weighted by atomic mass is 32.2. The molecule has 0 aromatic rings. The quantitative estimate of drug-likeness (QED) is 0.0431. The summed E-state index contributed by atoms with van der Waals surface area (Å²) in [5.41, 5.74) is 0. The van der Waals surface area contributed by atoms with Crippen LogP contribution >= 0.6 is 23.5 Å². The molecule has 4 unspecified atom stereocenters. The maximum atomic E-state index is 12.8. The molecule has 0 amide bonds. The molecule has 0 fully saturated rings. The minimum atomic E-state index is -0.384. The van der Waals surface area contributed by atoms with Crippen LogP contribution in [0.15, 0.2) is 0 Å². The number of hydrogen-bond donors (Lipinski definition) is 4. The number of rotatable bonds is 71. The zero-order valence-electron chi connectivity index (χ0n) is 56.3. The van der Waals surface area contributed by atoms with E-state index in [0.29, 0.717) is 77.0 Å². The van der Waals surface area contributed by atoms with Crippen molar-refractivity contribution in [1.82, 2.24) is 9.80 Å². The Morgan fingerprint density at radius 1 is 0.298 bits per heavy atom. The van der Waals surface area contributed by atoms with E-state index < -0.39 is 0 Å². The summed E-state index contributed by atoms with van der Waals surface area (Å²) in [5, 5.41) is 44.5. The molecule has 0 saturated heterocycles. The summed E-state index contributed by atoms with van der Waals surface area (Å²) in [5.74, 6) is 1.23. The lowest BCUT2D eigenvalue weighted by Gasteiger charge is -2.27. The first-order valence-corrected chi connectivity index (χ1v) is 38.8. The van der Waals surface area contributed by atoms with Crippen molar-refractivity contribution < 1.29 is 39.5 Å². The van der Waals surface area contributed by atoms with Gasteiger partial charge in [0.1, 0.15) is 0 Å². The average molecular weight is 1230 g/mol. The van der Waals surface area contributed by atoms with E-state index in [9.17, 15) is 30.0 Å². The summed E-state index contributed by atoms with van der Waals surface area (Å²) in [6.07, 6.45) is 57.5. The topological polar surface area (TPSA) is 140 Å². The third kappa shape index (κ3) is 64.7. The molecular weight excluding hydrogens is 1080 g/mol. The lowest BCUT2D eigenvalue weighted by Crippen LogP contribution is -2.38. The van der Waals surface area contributed by atoms with Crippen LogP contribution in [0.3, 0.4) is 0 Å². The molecular formula is C72H144N2O8S2. The van der Waals surface area contributed by atoms with Crippen LogP contribution in [0.2, 0.25) is 0 Å². The van der Waals surface area contributed by atoms with Crippen molar-refractivity contribution in [2.45, 2.75) is 373 Å². The van der Waals surface area contributed by atoms with Crippen LogP contribution in [-0.4, -0.2) is 142 Å². The van der Waals surface area contributed by atoms with Crippen molar-refractivity contribution in [3.8, 4) is 0 Å². The van der Waals surface area contributed by atoms with Gasteiger partial charge in [-0.15, -0.1) is 0 Å². The number of aliphatic hydroxyl groups excluding tert-OH is 4. The molecule has 4 N–H and O–H groups in total. The third-order valence-electron chi connectivity index (χ3n) is 17.0. The summed E-state index contributed by atoms with van der Waals surface area (Å²) in [6, 6.07) is 0. The molecule has 12 heteroatoms. The van der Waals surface area contributed by atoms with Gasteiger partial charge in [-0.3, -0.25) is 19.4 Å². The van der Waals surface area contributed by atoms with Crippen molar-refractivity contribution in [2.24, 2.45) is 0 Å². The highest BCUT2D eigenvalue weighted by Gasteiger charge is 2.18. The Kier molecular flexibility index (Phi) is 68.4. The van der Waals surface area contributed by atoms with Crippen molar-refractivity contribution >= 4 is 33.8 Å². The molecule has 0 rings (SSSR count). The van der Waals surface area contributed by atoms with Gasteiger partial charge in [-0.05, 0) is 64.5 Å². The number of ether oxygens (including phenoxy) is 2. The monoisotopic (exact) mass is 1230 g/mol. The SMILES string of the molecule is CCCCCCCCCCCCC(O)CN(CCCCC(=O)SCCOCCOCCSC(=O)CCCCN(CC(O)CCCCCCCCCCCC)CC(O)CCCCCCCCCCCC)CC(O)CCCCCCCCCCCC. The summed E-state index contributed by atoms with van der Waals surface area (Å²) < 4.78 is 11.5. The number of nitrogens with zero attached hydrogens (tertiary/aromatic N) is 2. The van der Waals surface area contributed by atoms with E-state index in [-0.39, 0.29) is 34.6 Å². The van der Waals surface area contributed by atoms with Crippen LogP contribution in [-0.2, 0) is 19.1 Å². The van der Waals surface area contributed by atoms with Gasteiger partial charge in [0, 0.05) is 50.5 Å². The number of thioether (sulfide) groups is 2. The molecule has 0 aliphatic heterocycles. The average Bonchev–Trinajstić information content (AvgIpc) is 3.50. The molecule has 0 bridgehead atoms. The fourth-order valence-corrected chi connectivity index (χ4v) is 13.1. The number of unbranched alkanes of at least 4 members (excludes halogenated alkanes) is 38. The van der Waals surface area contributed by atoms with E-state index in [0.717, 1.165) is 90.1 Å². The van der Waals surface area contributed by atoms with Gasteiger partial charge >= 0.3 is 0 Å². The van der Waals surface area contributed by atoms with E-state index in [1.54, 1.807) is 0 Å². The largest absolute Gasteiger partial charge is 0.392 e. The zero-order chi connectivity index (χ0) is 61.3. The van der Waals surface area contributed by atoms with Crippen LogP contribution in [0.1, 0.15) is 349 Å². The molecule has 0 spiro atoms. The predicted octanol–water partition coefficient (Wildman–Crippen LogP) is 19.2. The third-order valence-corrected chi connectivity index (χ3v) is 18.8. The van der Waals surface area contributed by atoms with Crippen molar-refractivity contribution in [2.75, 3.05) is 77.2 Å². The second-order valence-corrected chi connectivity index (χ2v) is 27.9. The van der Waals surface area contributed by atoms with Gasteiger partial charge in [0.05, 0.1) is 50.8 Å². The predicted molar refractivity (Wildman–Crippen MR) is 367 cm³/mol. The number of carbonyl (C=O) groups is 2. The van der Waals surface area contributed by atoms with Gasteiger partial charge in [-0.2, -0.15) is 0 Å². The van der Waals surface area contributed by atoms with Gasteiger partial charge in [0.15, 0.2) is 10.2 Å². The first-order chi connectivity index (χ1) is 41.1. The first-order valence-electron chi connectivity index (χ1n) is 36.8. The lowest BCUT2D eigenvalue weighted by molar-refractivity contribution is -0.111.